The first-order valence-electron chi connectivity index (χ1n) is 8.97. The molecule has 0 saturated carbocycles. The molecule has 3 N–H and O–H groups in total. The van der Waals surface area contributed by atoms with Gasteiger partial charge >= 0.3 is 0 Å². The van der Waals surface area contributed by atoms with Gasteiger partial charge in [-0.2, -0.15) is 0 Å². The van der Waals surface area contributed by atoms with Crippen molar-refractivity contribution in [1.82, 2.24) is 14.9 Å². The lowest BCUT2D eigenvalue weighted by Gasteiger charge is -2.15. The van der Waals surface area contributed by atoms with Gasteiger partial charge in [0, 0.05) is 11.3 Å². The minimum atomic E-state index is -0.381. The molecule has 0 aliphatic carbocycles. The van der Waals surface area contributed by atoms with Crippen LogP contribution in [0.1, 0.15) is 31.7 Å². The number of nitrogens with two attached hydrogens (primary N) is 1. The molecule has 3 rings (SSSR count). The lowest BCUT2D eigenvalue weighted by atomic mass is 9.97. The molecular formula is C20H22FN5OS. The number of aromatic nitrogens is 3. The number of hydrogen-bond donors (Lipinski definition) is 2. The SMILES string of the molecule is CC[C@@H](C)c1ccccc1NC(=O)CSc1nnc(-c2cccc(F)c2)n1N. The number of nitrogens with one attached hydrogen (secondary N) is 1. The van der Waals surface area contributed by atoms with Gasteiger partial charge in [0.05, 0.1) is 5.75 Å². The first-order chi connectivity index (χ1) is 13.5. The van der Waals surface area contributed by atoms with E-state index in [1.165, 1.54) is 28.6 Å². The molecule has 1 aromatic heterocycles. The van der Waals surface area contributed by atoms with Crippen molar-refractivity contribution < 1.29 is 9.18 Å². The van der Waals surface area contributed by atoms with Crippen molar-refractivity contribution in [1.29, 1.82) is 0 Å². The van der Waals surface area contributed by atoms with Crippen LogP contribution in [-0.2, 0) is 4.79 Å². The van der Waals surface area contributed by atoms with Crippen molar-refractivity contribution in [2.45, 2.75) is 31.3 Å². The highest BCUT2D eigenvalue weighted by atomic mass is 32.2. The van der Waals surface area contributed by atoms with E-state index in [4.69, 9.17) is 5.84 Å². The van der Waals surface area contributed by atoms with Crippen LogP contribution in [0, 0.1) is 5.82 Å². The van der Waals surface area contributed by atoms with Crippen LogP contribution in [0.5, 0.6) is 0 Å². The summed E-state index contributed by atoms with van der Waals surface area (Å²) in [7, 11) is 0. The number of hydrogen-bond acceptors (Lipinski definition) is 5. The quantitative estimate of drug-likeness (QED) is 0.463. The van der Waals surface area contributed by atoms with Gasteiger partial charge in [-0.05, 0) is 36.1 Å². The Labute approximate surface area is 167 Å². The molecule has 0 saturated heterocycles. The number of nitrogen functional groups attached to an aromatic ring is 1. The van der Waals surface area contributed by atoms with Crippen molar-refractivity contribution in [3.05, 3.63) is 59.9 Å². The highest BCUT2D eigenvalue weighted by molar-refractivity contribution is 7.99. The largest absolute Gasteiger partial charge is 0.335 e. The number of carbonyl (C=O) groups excluding carboxylic acids is 1. The molecule has 0 radical (unpaired) electrons. The predicted octanol–water partition coefficient (Wildman–Crippen LogP) is 4.04. The summed E-state index contributed by atoms with van der Waals surface area (Å²) in [5.41, 5.74) is 2.45. The smallest absolute Gasteiger partial charge is 0.234 e. The van der Waals surface area contributed by atoms with E-state index in [1.807, 2.05) is 24.3 Å². The number of para-hydroxylation sites is 1. The third kappa shape index (κ3) is 4.51. The molecule has 0 spiro atoms. The normalized spacial score (nSPS) is 12.0. The second-order valence-corrected chi connectivity index (χ2v) is 7.36. The summed E-state index contributed by atoms with van der Waals surface area (Å²) in [5, 5.41) is 11.3. The van der Waals surface area contributed by atoms with Crippen molar-refractivity contribution >= 4 is 23.4 Å². The summed E-state index contributed by atoms with van der Waals surface area (Å²) >= 11 is 1.17. The summed E-state index contributed by atoms with van der Waals surface area (Å²) in [4.78, 5) is 12.4. The molecule has 0 unspecified atom stereocenters. The fourth-order valence-electron chi connectivity index (χ4n) is 2.78. The van der Waals surface area contributed by atoms with Crippen LogP contribution in [0.25, 0.3) is 11.4 Å². The maximum absolute atomic E-state index is 13.4. The Kier molecular flexibility index (Phi) is 6.30. The lowest BCUT2D eigenvalue weighted by Crippen LogP contribution is -2.17. The highest BCUT2D eigenvalue weighted by Gasteiger charge is 2.15. The van der Waals surface area contributed by atoms with Crippen LogP contribution in [0.3, 0.4) is 0 Å². The van der Waals surface area contributed by atoms with Crippen LogP contribution in [-0.4, -0.2) is 26.5 Å². The Morgan fingerprint density at radius 1 is 1.25 bits per heavy atom. The van der Waals surface area contributed by atoms with Gasteiger partial charge in [-0.3, -0.25) is 4.79 Å². The second-order valence-electron chi connectivity index (χ2n) is 6.42. The van der Waals surface area contributed by atoms with Crippen molar-refractivity contribution in [2.24, 2.45) is 0 Å². The van der Waals surface area contributed by atoms with Crippen LogP contribution in [0.4, 0.5) is 10.1 Å². The Balaban J connectivity index is 1.66. The maximum Gasteiger partial charge on any atom is 0.234 e. The van der Waals surface area contributed by atoms with E-state index in [1.54, 1.807) is 12.1 Å². The summed E-state index contributed by atoms with van der Waals surface area (Å²) in [6.07, 6.45) is 0.987. The Bertz CT molecular complexity index is 975. The molecule has 146 valence electrons. The zero-order chi connectivity index (χ0) is 20.1. The Morgan fingerprint density at radius 3 is 2.79 bits per heavy atom. The Hall–Kier alpha value is -2.87. The standard InChI is InChI=1S/C20H22FN5OS/c1-3-13(2)16-9-4-5-10-17(16)23-18(27)12-28-20-25-24-19(26(20)22)14-7-6-8-15(21)11-14/h4-11,13H,3,12,22H2,1-2H3,(H,23,27)/t13-/m1/s1. The van der Waals surface area contributed by atoms with E-state index >= 15 is 0 Å². The van der Waals surface area contributed by atoms with Crippen LogP contribution in [0.2, 0.25) is 0 Å². The minimum absolute atomic E-state index is 0.132. The third-order valence-corrected chi connectivity index (χ3v) is 5.40. The molecule has 1 atom stereocenters. The molecule has 1 amide bonds. The lowest BCUT2D eigenvalue weighted by molar-refractivity contribution is -0.113. The molecule has 2 aromatic carbocycles. The molecule has 6 nitrogen and oxygen atoms in total. The number of benzene rings is 2. The zero-order valence-corrected chi connectivity index (χ0v) is 16.5. The molecular weight excluding hydrogens is 377 g/mol. The molecule has 0 aliphatic heterocycles. The fourth-order valence-corrected chi connectivity index (χ4v) is 3.43. The van der Waals surface area contributed by atoms with Gasteiger partial charge in [0.25, 0.3) is 0 Å². The van der Waals surface area contributed by atoms with E-state index in [-0.39, 0.29) is 17.5 Å². The number of carbonyl (C=O) groups is 1. The average Bonchev–Trinajstić information content (AvgIpc) is 3.06. The molecule has 0 aliphatic rings. The topological polar surface area (TPSA) is 85.8 Å². The number of amides is 1. The fraction of sp³-hybridized carbons (Fsp3) is 0.250. The van der Waals surface area contributed by atoms with Crippen LogP contribution in [0.15, 0.2) is 53.7 Å². The zero-order valence-electron chi connectivity index (χ0n) is 15.7. The molecule has 0 fully saturated rings. The molecule has 0 bridgehead atoms. The van der Waals surface area contributed by atoms with Crippen LogP contribution >= 0.6 is 11.8 Å². The van der Waals surface area contributed by atoms with Gasteiger partial charge in [-0.1, -0.05) is 55.9 Å². The van der Waals surface area contributed by atoms with Crippen molar-refractivity contribution in [3.8, 4) is 11.4 Å². The van der Waals surface area contributed by atoms with E-state index in [2.05, 4.69) is 29.4 Å². The monoisotopic (exact) mass is 399 g/mol. The average molecular weight is 399 g/mol. The number of anilines is 1. The summed E-state index contributed by atoms with van der Waals surface area (Å²) in [6, 6.07) is 13.7. The summed E-state index contributed by atoms with van der Waals surface area (Å²) in [6.45, 7) is 4.24. The van der Waals surface area contributed by atoms with E-state index in [0.717, 1.165) is 17.7 Å². The first kappa shape index (κ1) is 19.9. The van der Waals surface area contributed by atoms with Gasteiger partial charge in [-0.15, -0.1) is 10.2 Å². The summed E-state index contributed by atoms with van der Waals surface area (Å²) in [5.74, 6) is 6.31. The second kappa shape index (κ2) is 8.88. The van der Waals surface area contributed by atoms with Crippen molar-refractivity contribution in [2.75, 3.05) is 16.9 Å². The number of rotatable bonds is 7. The van der Waals surface area contributed by atoms with Gasteiger partial charge in [-0.25, -0.2) is 9.07 Å². The number of nitrogens with zero attached hydrogens (tertiary/aromatic N) is 3. The molecule has 8 heteroatoms. The summed E-state index contributed by atoms with van der Waals surface area (Å²) < 4.78 is 14.7. The van der Waals surface area contributed by atoms with Gasteiger partial charge in [0.2, 0.25) is 11.1 Å². The molecule has 3 aromatic rings. The predicted molar refractivity (Wildman–Crippen MR) is 110 cm³/mol. The van der Waals surface area contributed by atoms with Gasteiger partial charge in [0.1, 0.15) is 5.82 Å². The van der Waals surface area contributed by atoms with Crippen LogP contribution < -0.4 is 11.2 Å². The van der Waals surface area contributed by atoms with Crippen molar-refractivity contribution in [3.63, 3.8) is 0 Å². The first-order valence-corrected chi connectivity index (χ1v) is 9.96. The van der Waals surface area contributed by atoms with Gasteiger partial charge in [0.15, 0.2) is 5.82 Å². The molecule has 1 heterocycles. The minimum Gasteiger partial charge on any atom is -0.335 e. The van der Waals surface area contributed by atoms with E-state index in [9.17, 15) is 9.18 Å². The maximum atomic E-state index is 13.4. The number of thioether (sulfide) groups is 1. The van der Waals surface area contributed by atoms with E-state index in [0.29, 0.717) is 22.5 Å². The Morgan fingerprint density at radius 2 is 2.04 bits per heavy atom. The third-order valence-electron chi connectivity index (χ3n) is 4.46. The molecule has 28 heavy (non-hydrogen) atoms. The van der Waals surface area contributed by atoms with E-state index < -0.39 is 0 Å². The highest BCUT2D eigenvalue weighted by Crippen LogP contribution is 2.27. The number of halogens is 1. The van der Waals surface area contributed by atoms with Gasteiger partial charge < -0.3 is 11.2 Å².